The molecule has 23 atom stereocenters. The third-order valence-corrected chi connectivity index (χ3v) is 22.0. The maximum Gasteiger partial charge on any atom is 0.338 e. The lowest BCUT2D eigenvalue weighted by Gasteiger charge is -2.48. The maximum absolute atomic E-state index is 15.5. The number of carbonyl (C=O) groups is 7. The smallest absolute Gasteiger partial charge is 0.338 e. The largest absolute Gasteiger partial charge is 0.463 e. The van der Waals surface area contributed by atoms with Gasteiger partial charge in [-0.15, -0.1) is 0 Å². The van der Waals surface area contributed by atoms with Gasteiger partial charge < -0.3 is 122 Å². The SMILES string of the molecule is CC(C)CO[C@@H]1CC(C(N)=O)N(C(=O)[C@@H]2C[C@@H](OCCC[NH+]=C(N)N)CN2C(=O)C2C[C@@H](OCCC[NH+]=C(N)N)CN2C(=O)[C@@H]2C[C@@H](OCC(C)C)CN2C(=O)CCC(=O)CCCSSCCCC(=O)OC[C@H]2O[C@H](O[C@@H]3[C@@H](O)[C@H](O[C@H]4O[C@H](CN)[C@@H](O)[C@H](O)[C@H]4O)[C@@H](N)C[C@H]3N)[C@H](O)[C@@H](N)[C@@H]2O)C1. The predicted molar refractivity (Wildman–Crippen MR) is 375 cm³/mol. The molecule has 104 heavy (non-hydrogen) atoms. The summed E-state index contributed by atoms with van der Waals surface area (Å²) in [5.41, 5.74) is 52.8. The van der Waals surface area contributed by atoms with Gasteiger partial charge in [0.15, 0.2) is 12.6 Å². The van der Waals surface area contributed by atoms with Crippen LogP contribution in [0.25, 0.3) is 0 Å². The Morgan fingerprint density at radius 2 is 0.942 bits per heavy atom. The first-order valence-electron chi connectivity index (χ1n) is 36.2. The molecule has 0 aromatic rings. The fraction of sp³-hybridized carbons (Fsp3) is 0.862. The summed E-state index contributed by atoms with van der Waals surface area (Å²) in [7, 11) is 2.98. The molecule has 0 radical (unpaired) electrons. The van der Waals surface area contributed by atoms with Crippen LogP contribution in [0.1, 0.15) is 111 Å². The number of rotatable bonds is 39. The third-order valence-electron chi connectivity index (χ3n) is 19.4. The van der Waals surface area contributed by atoms with Crippen molar-refractivity contribution in [2.45, 2.75) is 251 Å². The number of likely N-dealkylation sites (tertiary alicyclic amines) is 4. The fourth-order valence-corrected chi connectivity index (χ4v) is 16.0. The molecule has 6 aliphatic heterocycles. The van der Waals surface area contributed by atoms with E-state index in [0.717, 1.165) is 0 Å². The molecule has 7 aliphatic rings. The summed E-state index contributed by atoms with van der Waals surface area (Å²) in [5.74, 6) is -2.03. The number of Topliss-reactive ketones (excluding diaryl/α,β-unsaturated/α-hetero) is 1. The van der Waals surface area contributed by atoms with Gasteiger partial charge in [-0.1, -0.05) is 49.3 Å². The highest BCUT2D eigenvalue weighted by Crippen LogP contribution is 2.36. The summed E-state index contributed by atoms with van der Waals surface area (Å²) in [6.07, 6.45) is -18.1. The van der Waals surface area contributed by atoms with E-state index in [-0.39, 0.29) is 133 Å². The summed E-state index contributed by atoms with van der Waals surface area (Å²) in [6, 6.07) is -7.62. The highest BCUT2D eigenvalue weighted by atomic mass is 33.1. The van der Waals surface area contributed by atoms with Crippen molar-refractivity contribution in [1.29, 1.82) is 0 Å². The molecule has 1 saturated carbocycles. The number of guanidine groups is 2. The topological polar surface area (TPSA) is 599 Å². The predicted octanol–water partition coefficient (Wildman–Crippen LogP) is -10.2. The molecule has 2 unspecified atom stereocenters. The van der Waals surface area contributed by atoms with E-state index in [1.165, 1.54) is 41.2 Å². The highest BCUT2D eigenvalue weighted by molar-refractivity contribution is 8.76. The van der Waals surface area contributed by atoms with Crippen LogP contribution < -0.4 is 61.6 Å². The van der Waals surface area contributed by atoms with Gasteiger partial charge in [0, 0.05) is 134 Å². The van der Waals surface area contributed by atoms with Crippen molar-refractivity contribution in [2.24, 2.45) is 63.4 Å². The summed E-state index contributed by atoms with van der Waals surface area (Å²) >= 11 is 0. The fourth-order valence-electron chi connectivity index (χ4n) is 13.9. The minimum atomic E-state index is -1.75. The average Bonchev–Trinajstić information content (AvgIpc) is 1.16. The summed E-state index contributed by atoms with van der Waals surface area (Å²) < 4.78 is 53.6. The number of nitrogens with zero attached hydrogens (tertiary/aromatic N) is 4. The minimum absolute atomic E-state index is 0.00743. The molecule has 7 rings (SSSR count). The zero-order chi connectivity index (χ0) is 76.2. The van der Waals surface area contributed by atoms with E-state index in [0.29, 0.717) is 63.5 Å². The Bertz CT molecular complexity index is 2840. The lowest BCUT2D eigenvalue weighted by Crippen LogP contribution is -2.78. The second-order valence-electron chi connectivity index (χ2n) is 28.8. The van der Waals surface area contributed by atoms with Crippen LogP contribution in [-0.4, -0.2) is 334 Å². The van der Waals surface area contributed by atoms with Crippen molar-refractivity contribution >= 4 is 74.8 Å². The highest BCUT2D eigenvalue weighted by Gasteiger charge is 2.55. The van der Waals surface area contributed by atoms with E-state index in [1.807, 2.05) is 27.7 Å². The first-order chi connectivity index (χ1) is 49.4. The summed E-state index contributed by atoms with van der Waals surface area (Å²) in [6.45, 7) is 9.23. The summed E-state index contributed by atoms with van der Waals surface area (Å²) in [5, 5.41) is 64.5. The third kappa shape index (κ3) is 24.3. The van der Waals surface area contributed by atoms with Crippen LogP contribution in [0.3, 0.4) is 0 Å². The van der Waals surface area contributed by atoms with Crippen molar-refractivity contribution in [3.05, 3.63) is 0 Å². The number of carbonyl (C=O) groups excluding carboxylic acids is 7. The molecule has 594 valence electrons. The molecule has 39 heteroatoms. The van der Waals surface area contributed by atoms with Crippen molar-refractivity contribution in [1.82, 2.24) is 19.6 Å². The molecule has 1 aliphatic carbocycles. The van der Waals surface area contributed by atoms with Crippen molar-refractivity contribution < 1.29 is 117 Å². The molecule has 6 heterocycles. The Kier molecular flexibility index (Phi) is 34.5. The first kappa shape index (κ1) is 86.2. The van der Waals surface area contributed by atoms with Crippen LogP contribution in [0.4, 0.5) is 0 Å². The van der Waals surface area contributed by atoms with Gasteiger partial charge in [0.2, 0.25) is 29.5 Å². The van der Waals surface area contributed by atoms with Gasteiger partial charge in [-0.05, 0) is 31.1 Å². The Balaban J connectivity index is 0.898. The first-order valence-corrected chi connectivity index (χ1v) is 38.7. The number of ketones is 1. The molecule has 5 amide bonds. The van der Waals surface area contributed by atoms with Crippen molar-refractivity contribution in [3.63, 3.8) is 0 Å². The number of hydrogen-bond donors (Lipinski definition) is 17. The molecule has 6 saturated heterocycles. The number of aliphatic hydroxyl groups excluding tert-OH is 6. The minimum Gasteiger partial charge on any atom is -0.463 e. The second kappa shape index (κ2) is 41.5. The quantitative estimate of drug-likeness (QED) is 0.00893. The number of nitrogens with two attached hydrogens (primary N) is 9. The number of aliphatic hydroxyl groups is 6. The summed E-state index contributed by atoms with van der Waals surface area (Å²) in [4.78, 5) is 111. The standard InChI is InChI=1S/C65H115N15O22S2/c1-32(2)29-96-37-19-41(58(70)90)78(28-37)60(92)43-20-35(94-15-7-13-75-64(71)72)27-80(43)61(93)44-21-36(95-16-8-14-76-65(73)74)26-79(44)59(91)42-22-38(97-30-33(3)4)25-77(42)47(82)12-11-34(81)9-5-17-103-104-18-6-10-48(83)98-31-46-50(84)49(69)52(86)62(100-46)101-56-39(67)23-40(68)57(55(56)89)102-63-54(88)53(87)51(85)45(24-66)99-63/h32-33,35-46,49-57,62-63,84-89H,5-31,66-69H2,1-4H3,(H2,70,90)(H4,71,72,75)(H4,73,74,76)/p+2/t35-,36-,37-,38-,39-,40+,41?,42+,43+,44?,45-,46-,49+,50-,51-,52-,53+,54-,55-,56+,57-,62-,63-/m1/s1. The molecule has 7 fully saturated rings. The zero-order valence-electron chi connectivity index (χ0n) is 60.0. The lowest BCUT2D eigenvalue weighted by molar-refractivity contribution is -0.460. The van der Waals surface area contributed by atoms with Crippen LogP contribution in [0.15, 0.2) is 0 Å². The van der Waals surface area contributed by atoms with Crippen molar-refractivity contribution in [3.8, 4) is 0 Å². The molecule has 26 N–H and O–H groups in total. The number of primary amides is 1. The zero-order valence-corrected chi connectivity index (χ0v) is 61.7. The van der Waals surface area contributed by atoms with Gasteiger partial charge in [-0.3, -0.25) is 66.5 Å². The van der Waals surface area contributed by atoms with E-state index in [1.54, 1.807) is 0 Å². The van der Waals surface area contributed by atoms with Gasteiger partial charge in [0.1, 0.15) is 97.6 Å². The van der Waals surface area contributed by atoms with Crippen LogP contribution in [-0.2, 0) is 76.2 Å². The van der Waals surface area contributed by atoms with Crippen LogP contribution in [0.2, 0.25) is 0 Å². The van der Waals surface area contributed by atoms with Gasteiger partial charge in [0.05, 0.1) is 56.8 Å². The van der Waals surface area contributed by atoms with Crippen molar-refractivity contribution in [2.75, 3.05) is 90.4 Å². The monoisotopic (exact) mass is 1520 g/mol. The number of hydrogen-bond acceptors (Lipinski definition) is 28. The van der Waals surface area contributed by atoms with Gasteiger partial charge in [-0.2, -0.15) is 0 Å². The van der Waals surface area contributed by atoms with Gasteiger partial charge >= 0.3 is 17.9 Å². The Morgan fingerprint density at radius 3 is 1.42 bits per heavy atom. The molecular weight excluding hydrogens is 1410 g/mol. The van der Waals surface area contributed by atoms with Crippen LogP contribution in [0, 0.1) is 11.8 Å². The maximum atomic E-state index is 15.5. The number of amides is 5. The van der Waals surface area contributed by atoms with E-state index in [4.69, 9.17) is 94.2 Å². The van der Waals surface area contributed by atoms with Crippen LogP contribution in [0.5, 0.6) is 0 Å². The van der Waals surface area contributed by atoms with Gasteiger partial charge in [0.25, 0.3) is 0 Å². The molecule has 0 aromatic carbocycles. The van der Waals surface area contributed by atoms with E-state index in [9.17, 15) is 54.6 Å². The Labute approximate surface area is 614 Å². The van der Waals surface area contributed by atoms with E-state index in [2.05, 4.69) is 9.98 Å². The average molecular weight is 1520 g/mol. The normalized spacial score (nSPS) is 33.8. The Hall–Kier alpha value is -4.99. The molecule has 0 spiro atoms. The number of ether oxygens (including phenoxy) is 9. The molecule has 0 bridgehead atoms. The molecule has 0 aromatic heterocycles. The number of nitrogens with one attached hydrogen (secondary N) is 2. The van der Waals surface area contributed by atoms with Crippen LogP contribution >= 0.6 is 21.6 Å². The van der Waals surface area contributed by atoms with E-state index < -0.39 is 182 Å². The van der Waals surface area contributed by atoms with E-state index >= 15 is 9.59 Å². The number of esters is 1. The Morgan fingerprint density at radius 1 is 0.500 bits per heavy atom. The second-order valence-corrected chi connectivity index (χ2v) is 31.5. The molecular formula is C65H117N15O22S2+2. The molecule has 37 nitrogen and oxygen atoms in total. The van der Waals surface area contributed by atoms with Gasteiger partial charge in [-0.25, -0.2) is 0 Å². The lowest BCUT2D eigenvalue weighted by atomic mass is 9.84.